The number of carboxylic acid groups (broad SMARTS) is 1. The van der Waals surface area contributed by atoms with Crippen molar-refractivity contribution in [1.29, 1.82) is 0 Å². The van der Waals surface area contributed by atoms with Crippen LogP contribution >= 0.6 is 0 Å². The molecular weight excluding hydrogens is 270 g/mol. The van der Waals surface area contributed by atoms with Crippen LogP contribution in [0, 0.1) is 0 Å². The van der Waals surface area contributed by atoms with Crippen molar-refractivity contribution in [1.82, 2.24) is 20.0 Å². The van der Waals surface area contributed by atoms with Gasteiger partial charge in [0.25, 0.3) is 0 Å². The number of likely N-dealkylation sites (N-methyl/N-ethyl adjacent to an activating group) is 1. The van der Waals surface area contributed by atoms with E-state index in [-0.39, 0.29) is 11.2 Å². The summed E-state index contributed by atoms with van der Waals surface area (Å²) in [6.45, 7) is 2.92. The van der Waals surface area contributed by atoms with Crippen LogP contribution in [-0.2, 0) is 0 Å². The van der Waals surface area contributed by atoms with Gasteiger partial charge in [-0.05, 0) is 59.2 Å². The minimum absolute atomic E-state index is 0.0397. The number of hydrogen-bond donors (Lipinski definition) is 2. The fourth-order valence-electron chi connectivity index (χ4n) is 2.61. The van der Waals surface area contributed by atoms with Gasteiger partial charge in [0, 0.05) is 12.1 Å². The highest BCUT2D eigenvalue weighted by Gasteiger charge is 2.35. The van der Waals surface area contributed by atoms with Crippen LogP contribution < -0.4 is 5.32 Å². The Morgan fingerprint density at radius 1 is 1.38 bits per heavy atom. The van der Waals surface area contributed by atoms with Crippen molar-refractivity contribution in [2.75, 3.05) is 46.1 Å². The summed E-state index contributed by atoms with van der Waals surface area (Å²) in [6.07, 6.45) is 2.17. The van der Waals surface area contributed by atoms with Crippen molar-refractivity contribution in [2.24, 2.45) is 0 Å². The molecule has 0 aliphatic carbocycles. The molecule has 2 heterocycles. The number of aromatic carboxylic acids is 1. The predicted octanol–water partition coefficient (Wildman–Crippen LogP) is 0.613. The second kappa shape index (κ2) is 6.36. The highest BCUT2D eigenvalue weighted by atomic mass is 16.4. The molecule has 7 heteroatoms. The number of nitrogens with zero attached hydrogens (tertiary/aromatic N) is 4. The molecule has 1 aliphatic heterocycles. The van der Waals surface area contributed by atoms with Gasteiger partial charge in [0.1, 0.15) is 5.82 Å². The molecule has 0 saturated carbocycles. The van der Waals surface area contributed by atoms with E-state index in [1.54, 1.807) is 6.07 Å². The van der Waals surface area contributed by atoms with Gasteiger partial charge in [0.2, 0.25) is 0 Å². The first-order valence-electron chi connectivity index (χ1n) is 7.10. The van der Waals surface area contributed by atoms with Crippen molar-refractivity contribution in [3.8, 4) is 0 Å². The first-order chi connectivity index (χ1) is 9.93. The van der Waals surface area contributed by atoms with Crippen molar-refractivity contribution >= 4 is 11.8 Å². The number of likely N-dealkylation sites (tertiary alicyclic amines) is 1. The van der Waals surface area contributed by atoms with Gasteiger partial charge < -0.3 is 20.2 Å². The first-order valence-corrected chi connectivity index (χ1v) is 7.10. The molecule has 2 rings (SSSR count). The molecular formula is C14H23N5O2. The Kier molecular flexibility index (Phi) is 4.74. The lowest BCUT2D eigenvalue weighted by molar-refractivity contribution is 0.0689. The molecule has 21 heavy (non-hydrogen) atoms. The van der Waals surface area contributed by atoms with Crippen molar-refractivity contribution in [2.45, 2.75) is 18.4 Å². The van der Waals surface area contributed by atoms with Gasteiger partial charge >= 0.3 is 5.97 Å². The molecule has 0 amide bonds. The SMILES string of the molecule is CN1CCC(CNc2ccc(C(=O)O)nn2)(N(C)C)CC1. The average Bonchev–Trinajstić information content (AvgIpc) is 2.47. The lowest BCUT2D eigenvalue weighted by Gasteiger charge is -2.45. The third-order valence-corrected chi connectivity index (χ3v) is 4.35. The highest BCUT2D eigenvalue weighted by molar-refractivity contribution is 5.85. The van der Waals surface area contributed by atoms with E-state index in [1.165, 1.54) is 6.07 Å². The quantitative estimate of drug-likeness (QED) is 0.823. The topological polar surface area (TPSA) is 81.6 Å². The zero-order valence-electron chi connectivity index (χ0n) is 12.8. The van der Waals surface area contributed by atoms with E-state index in [1.807, 2.05) is 0 Å². The molecule has 1 saturated heterocycles. The Labute approximate surface area is 125 Å². The maximum atomic E-state index is 10.8. The van der Waals surface area contributed by atoms with E-state index in [4.69, 9.17) is 5.11 Å². The minimum Gasteiger partial charge on any atom is -0.476 e. The Hall–Kier alpha value is -1.73. The van der Waals surface area contributed by atoms with Gasteiger partial charge in [0.05, 0.1) is 0 Å². The van der Waals surface area contributed by atoms with Crippen LogP contribution in [0.1, 0.15) is 23.3 Å². The van der Waals surface area contributed by atoms with Crippen LogP contribution in [0.3, 0.4) is 0 Å². The van der Waals surface area contributed by atoms with E-state index in [0.29, 0.717) is 5.82 Å². The molecule has 0 unspecified atom stereocenters. The number of anilines is 1. The zero-order chi connectivity index (χ0) is 15.5. The van der Waals surface area contributed by atoms with Crippen LogP contribution in [0.25, 0.3) is 0 Å². The van der Waals surface area contributed by atoms with Gasteiger partial charge in [-0.15, -0.1) is 10.2 Å². The number of aromatic nitrogens is 2. The molecule has 0 atom stereocenters. The van der Waals surface area contributed by atoms with Crippen LogP contribution in [-0.4, -0.2) is 77.4 Å². The van der Waals surface area contributed by atoms with E-state index in [0.717, 1.165) is 32.5 Å². The number of carbonyl (C=O) groups is 1. The van der Waals surface area contributed by atoms with Crippen LogP contribution in [0.15, 0.2) is 12.1 Å². The Balaban J connectivity index is 2.00. The lowest BCUT2D eigenvalue weighted by atomic mass is 9.86. The summed E-state index contributed by atoms with van der Waals surface area (Å²) >= 11 is 0. The molecule has 0 radical (unpaired) electrons. The van der Waals surface area contributed by atoms with Crippen LogP contribution in [0.2, 0.25) is 0 Å². The van der Waals surface area contributed by atoms with E-state index in [9.17, 15) is 4.79 Å². The maximum Gasteiger partial charge on any atom is 0.356 e. The third kappa shape index (κ3) is 3.68. The van der Waals surface area contributed by atoms with Crippen LogP contribution in [0.5, 0.6) is 0 Å². The smallest absolute Gasteiger partial charge is 0.356 e. The Bertz CT molecular complexity index is 481. The third-order valence-electron chi connectivity index (χ3n) is 4.35. The minimum atomic E-state index is -1.06. The largest absolute Gasteiger partial charge is 0.476 e. The number of hydrogen-bond acceptors (Lipinski definition) is 6. The van der Waals surface area contributed by atoms with Gasteiger partial charge in [0.15, 0.2) is 5.69 Å². The van der Waals surface area contributed by atoms with Gasteiger partial charge in [-0.25, -0.2) is 4.79 Å². The molecule has 0 bridgehead atoms. The molecule has 1 aromatic heterocycles. The normalized spacial score (nSPS) is 18.7. The second-order valence-corrected chi connectivity index (χ2v) is 5.88. The average molecular weight is 293 g/mol. The highest BCUT2D eigenvalue weighted by Crippen LogP contribution is 2.26. The number of rotatable bonds is 5. The molecule has 116 valence electrons. The molecule has 0 aromatic carbocycles. The monoisotopic (exact) mass is 293 g/mol. The summed E-state index contributed by atoms with van der Waals surface area (Å²) in [5.74, 6) is -0.450. The first kappa shape index (κ1) is 15.7. The van der Waals surface area contributed by atoms with E-state index < -0.39 is 5.97 Å². The summed E-state index contributed by atoms with van der Waals surface area (Å²) in [5, 5.41) is 19.7. The summed E-state index contributed by atoms with van der Waals surface area (Å²) in [5.41, 5.74) is 0.0572. The standard InChI is InChI=1S/C14H23N5O2/c1-18(2)14(6-8-19(3)9-7-14)10-15-12-5-4-11(13(20)21)16-17-12/h4-5H,6-10H2,1-3H3,(H,15,17)(H,20,21). The van der Waals surface area contributed by atoms with Crippen LogP contribution in [0.4, 0.5) is 5.82 Å². The van der Waals surface area contributed by atoms with E-state index >= 15 is 0 Å². The molecule has 2 N–H and O–H groups in total. The van der Waals surface area contributed by atoms with Crippen molar-refractivity contribution in [3.05, 3.63) is 17.8 Å². The fourth-order valence-corrected chi connectivity index (χ4v) is 2.61. The summed E-state index contributed by atoms with van der Waals surface area (Å²) < 4.78 is 0. The second-order valence-electron chi connectivity index (χ2n) is 5.88. The Morgan fingerprint density at radius 2 is 2.05 bits per heavy atom. The van der Waals surface area contributed by atoms with Crippen molar-refractivity contribution < 1.29 is 9.90 Å². The number of carboxylic acids is 1. The molecule has 1 aliphatic rings. The molecule has 0 spiro atoms. The fraction of sp³-hybridized carbons (Fsp3) is 0.643. The van der Waals surface area contributed by atoms with Gasteiger partial charge in [-0.1, -0.05) is 0 Å². The van der Waals surface area contributed by atoms with Gasteiger partial charge in [-0.3, -0.25) is 0 Å². The Morgan fingerprint density at radius 3 is 2.52 bits per heavy atom. The molecule has 7 nitrogen and oxygen atoms in total. The lowest BCUT2D eigenvalue weighted by Crippen LogP contribution is -2.55. The van der Waals surface area contributed by atoms with Crippen molar-refractivity contribution in [3.63, 3.8) is 0 Å². The molecule has 1 fully saturated rings. The predicted molar refractivity (Wildman–Crippen MR) is 80.6 cm³/mol. The summed E-state index contributed by atoms with van der Waals surface area (Å²) in [7, 11) is 6.35. The number of piperidine rings is 1. The maximum absolute atomic E-state index is 10.8. The number of nitrogens with one attached hydrogen (secondary N) is 1. The summed E-state index contributed by atoms with van der Waals surface area (Å²) in [4.78, 5) is 15.4. The summed E-state index contributed by atoms with van der Waals surface area (Å²) in [6, 6.07) is 3.13. The zero-order valence-corrected chi connectivity index (χ0v) is 12.8. The molecule has 1 aromatic rings. The van der Waals surface area contributed by atoms with Gasteiger partial charge in [-0.2, -0.15) is 0 Å². The van der Waals surface area contributed by atoms with E-state index in [2.05, 4.69) is 46.5 Å².